The average molecular weight is 310 g/mol. The predicted octanol–water partition coefficient (Wildman–Crippen LogP) is 4.59. The summed E-state index contributed by atoms with van der Waals surface area (Å²) in [4.78, 5) is 12.1. The van der Waals surface area contributed by atoms with Crippen molar-refractivity contribution >= 4 is 40.6 Å². The highest BCUT2D eigenvalue weighted by molar-refractivity contribution is 6.34. The Morgan fingerprint density at radius 2 is 1.94 bits per heavy atom. The molecule has 0 saturated carbocycles. The minimum absolute atomic E-state index is 0.0684. The van der Waals surface area contributed by atoms with Gasteiger partial charge in [-0.3, -0.25) is 4.79 Å². The van der Waals surface area contributed by atoms with Crippen molar-refractivity contribution in [3.8, 4) is 5.75 Å². The minimum Gasteiger partial charge on any atom is -0.480 e. The number of alkyl halides is 1. The fourth-order valence-electron chi connectivity index (χ4n) is 1.36. The fraction of sp³-hybridized carbons (Fsp3) is 0.462. The van der Waals surface area contributed by atoms with E-state index in [1.165, 1.54) is 0 Å². The van der Waals surface area contributed by atoms with Crippen LogP contribution in [0.3, 0.4) is 0 Å². The molecule has 1 aromatic carbocycles. The van der Waals surface area contributed by atoms with Crippen LogP contribution in [0.2, 0.25) is 10.0 Å². The van der Waals surface area contributed by atoms with Crippen LogP contribution in [0.15, 0.2) is 18.2 Å². The summed E-state index contributed by atoms with van der Waals surface area (Å²) in [7, 11) is 0. The lowest BCUT2D eigenvalue weighted by molar-refractivity contribution is -0.132. The van der Waals surface area contributed by atoms with Crippen molar-refractivity contribution in [1.29, 1.82) is 0 Å². The number of carbonyl (C=O) groups is 1. The zero-order valence-electron chi connectivity index (χ0n) is 10.5. The molecule has 1 unspecified atom stereocenters. The van der Waals surface area contributed by atoms with E-state index in [2.05, 4.69) is 0 Å². The molecular weight excluding hydrogens is 294 g/mol. The van der Waals surface area contributed by atoms with Crippen molar-refractivity contribution in [2.24, 2.45) is 5.41 Å². The van der Waals surface area contributed by atoms with Crippen molar-refractivity contribution in [2.45, 2.75) is 26.9 Å². The molecule has 0 fully saturated rings. The van der Waals surface area contributed by atoms with Crippen molar-refractivity contribution in [2.75, 3.05) is 5.88 Å². The maximum Gasteiger partial charge on any atom is 0.179 e. The Kier molecular flexibility index (Phi) is 5.32. The van der Waals surface area contributed by atoms with Gasteiger partial charge in [0.15, 0.2) is 11.9 Å². The van der Waals surface area contributed by atoms with Crippen LogP contribution >= 0.6 is 34.8 Å². The van der Waals surface area contributed by atoms with Crippen molar-refractivity contribution in [3.05, 3.63) is 28.2 Å². The maximum absolute atomic E-state index is 12.1. The number of hydrogen-bond acceptors (Lipinski definition) is 2. The van der Waals surface area contributed by atoms with Crippen LogP contribution in [0.25, 0.3) is 0 Å². The smallest absolute Gasteiger partial charge is 0.179 e. The second-order valence-corrected chi connectivity index (χ2v) is 6.10. The average Bonchev–Trinajstić information content (AvgIpc) is 2.28. The van der Waals surface area contributed by atoms with Gasteiger partial charge in [-0.2, -0.15) is 0 Å². The van der Waals surface area contributed by atoms with Gasteiger partial charge < -0.3 is 4.74 Å². The van der Waals surface area contributed by atoms with Gasteiger partial charge in [-0.15, -0.1) is 11.6 Å². The molecule has 1 aromatic rings. The van der Waals surface area contributed by atoms with E-state index >= 15 is 0 Å². The maximum atomic E-state index is 12.1. The molecule has 0 aliphatic carbocycles. The quantitative estimate of drug-likeness (QED) is 0.760. The third-order valence-electron chi connectivity index (χ3n) is 2.33. The van der Waals surface area contributed by atoms with Crippen molar-refractivity contribution in [1.82, 2.24) is 0 Å². The topological polar surface area (TPSA) is 26.3 Å². The monoisotopic (exact) mass is 308 g/mol. The summed E-state index contributed by atoms with van der Waals surface area (Å²) in [5.41, 5.74) is -0.523. The van der Waals surface area contributed by atoms with E-state index in [-0.39, 0.29) is 11.7 Å². The highest BCUT2D eigenvalue weighted by Crippen LogP contribution is 2.30. The molecule has 0 aliphatic rings. The second-order valence-electron chi connectivity index (χ2n) is 4.95. The Labute approximate surface area is 122 Å². The number of carbonyl (C=O) groups excluding carboxylic acids is 1. The molecule has 2 nitrogen and oxygen atoms in total. The van der Waals surface area contributed by atoms with Gasteiger partial charge in [-0.1, -0.05) is 44.0 Å². The molecule has 0 spiro atoms. The van der Waals surface area contributed by atoms with Crippen LogP contribution in [0.5, 0.6) is 5.75 Å². The lowest BCUT2D eigenvalue weighted by Crippen LogP contribution is -2.38. The Bertz CT molecular complexity index is 438. The molecule has 0 amide bonds. The molecule has 0 N–H and O–H groups in total. The highest BCUT2D eigenvalue weighted by atomic mass is 35.5. The first-order chi connectivity index (χ1) is 8.25. The lowest BCUT2D eigenvalue weighted by Gasteiger charge is -2.24. The summed E-state index contributed by atoms with van der Waals surface area (Å²) in [5.74, 6) is 0.361. The predicted molar refractivity (Wildman–Crippen MR) is 76.1 cm³/mol. The van der Waals surface area contributed by atoms with Crippen molar-refractivity contribution in [3.63, 3.8) is 0 Å². The first kappa shape index (κ1) is 15.6. The Balaban J connectivity index is 2.93. The van der Waals surface area contributed by atoms with Gasteiger partial charge in [0, 0.05) is 16.5 Å². The number of ether oxygens (including phenoxy) is 1. The van der Waals surface area contributed by atoms with E-state index < -0.39 is 11.5 Å². The number of Topliss-reactive ketones (excluding diaryl/α,β-unsaturated/α-hetero) is 1. The van der Waals surface area contributed by atoms with E-state index in [1.54, 1.807) is 18.2 Å². The molecule has 0 bridgehead atoms. The molecule has 0 aliphatic heterocycles. The van der Waals surface area contributed by atoms with Gasteiger partial charge in [0.1, 0.15) is 5.75 Å². The number of benzene rings is 1. The first-order valence-electron chi connectivity index (χ1n) is 5.47. The standard InChI is InChI=1S/C13H15Cl3O2/c1-13(2,3)12(17)11(7-14)18-10-6-8(15)4-5-9(10)16/h4-6,11H,7H2,1-3H3. The summed E-state index contributed by atoms with van der Waals surface area (Å²) in [6, 6.07) is 4.84. The van der Waals surface area contributed by atoms with Crippen LogP contribution in [0, 0.1) is 5.41 Å². The van der Waals surface area contributed by atoms with Crippen molar-refractivity contribution < 1.29 is 9.53 Å². The molecule has 0 radical (unpaired) electrons. The third-order valence-corrected chi connectivity index (χ3v) is 3.16. The van der Waals surface area contributed by atoms with Gasteiger partial charge in [-0.25, -0.2) is 0 Å². The fourth-order valence-corrected chi connectivity index (χ4v) is 1.89. The van der Waals surface area contributed by atoms with Gasteiger partial charge in [0.2, 0.25) is 0 Å². The van der Waals surface area contributed by atoms with Crippen LogP contribution < -0.4 is 4.74 Å². The summed E-state index contributed by atoms with van der Waals surface area (Å²) in [5, 5.41) is 0.891. The normalized spacial score (nSPS) is 13.2. The van der Waals surface area contributed by atoms with E-state index in [1.807, 2.05) is 20.8 Å². The SMILES string of the molecule is CC(C)(C)C(=O)C(CCl)Oc1cc(Cl)ccc1Cl. The zero-order chi connectivity index (χ0) is 13.9. The second kappa shape index (κ2) is 6.14. The number of ketones is 1. The highest BCUT2D eigenvalue weighted by Gasteiger charge is 2.31. The van der Waals surface area contributed by atoms with E-state index in [0.29, 0.717) is 15.8 Å². The van der Waals surface area contributed by atoms with E-state index in [0.717, 1.165) is 0 Å². The van der Waals surface area contributed by atoms with E-state index in [9.17, 15) is 4.79 Å². The summed E-state index contributed by atoms with van der Waals surface area (Å²) in [6.45, 7) is 5.45. The summed E-state index contributed by atoms with van der Waals surface area (Å²) >= 11 is 17.6. The molecule has 0 heterocycles. The van der Waals surface area contributed by atoms with E-state index in [4.69, 9.17) is 39.5 Å². The Hall–Kier alpha value is -0.440. The van der Waals surface area contributed by atoms with Gasteiger partial charge >= 0.3 is 0 Å². The first-order valence-corrected chi connectivity index (χ1v) is 6.76. The van der Waals surface area contributed by atoms with Gasteiger partial charge in [-0.05, 0) is 12.1 Å². The third kappa shape index (κ3) is 4.04. The molecule has 18 heavy (non-hydrogen) atoms. The van der Waals surface area contributed by atoms with Gasteiger partial charge in [0.05, 0.1) is 10.9 Å². The molecule has 5 heteroatoms. The molecule has 1 atom stereocenters. The summed E-state index contributed by atoms with van der Waals surface area (Å²) in [6.07, 6.45) is -0.734. The molecule has 0 saturated heterocycles. The Morgan fingerprint density at radius 3 is 2.44 bits per heavy atom. The lowest BCUT2D eigenvalue weighted by atomic mass is 9.88. The largest absolute Gasteiger partial charge is 0.480 e. The molecule has 100 valence electrons. The summed E-state index contributed by atoms with van der Waals surface area (Å²) < 4.78 is 5.57. The molecule has 1 rings (SSSR count). The van der Waals surface area contributed by atoms with Gasteiger partial charge in [0.25, 0.3) is 0 Å². The van der Waals surface area contributed by atoms with Crippen LogP contribution in [-0.2, 0) is 4.79 Å². The number of halogens is 3. The molecular formula is C13H15Cl3O2. The number of rotatable bonds is 4. The van der Waals surface area contributed by atoms with Crippen LogP contribution in [-0.4, -0.2) is 17.8 Å². The Morgan fingerprint density at radius 1 is 1.33 bits per heavy atom. The van der Waals surface area contributed by atoms with Crippen LogP contribution in [0.4, 0.5) is 0 Å². The van der Waals surface area contributed by atoms with Crippen LogP contribution in [0.1, 0.15) is 20.8 Å². The number of hydrogen-bond donors (Lipinski definition) is 0. The zero-order valence-corrected chi connectivity index (χ0v) is 12.7. The molecule has 0 aromatic heterocycles. The minimum atomic E-state index is -0.734.